The van der Waals surface area contributed by atoms with Gasteiger partial charge in [-0.1, -0.05) is 0 Å². The molecule has 0 spiro atoms. The second-order valence-corrected chi connectivity index (χ2v) is 5.96. The highest BCUT2D eigenvalue weighted by Gasteiger charge is 2.17. The summed E-state index contributed by atoms with van der Waals surface area (Å²) < 4.78 is 0. The lowest BCUT2D eigenvalue weighted by atomic mass is 10.1. The number of carbonyl (C=O) groups excluding carboxylic acids is 1. The smallest absolute Gasteiger partial charge is 0.236 e. The topological polar surface area (TPSA) is 32.3 Å². The minimum Gasteiger partial charge on any atom is -0.342 e. The van der Waals surface area contributed by atoms with Crippen LogP contribution < -0.4 is 5.32 Å². The van der Waals surface area contributed by atoms with E-state index in [0.717, 1.165) is 25.9 Å². The number of rotatable bonds is 4. The van der Waals surface area contributed by atoms with Crippen molar-refractivity contribution in [3.63, 3.8) is 0 Å². The summed E-state index contributed by atoms with van der Waals surface area (Å²) in [5, 5.41) is 5.45. The summed E-state index contributed by atoms with van der Waals surface area (Å²) in [5.74, 6) is 0.246. The molecule has 1 fully saturated rings. The molecule has 1 N–H and O–H groups in total. The van der Waals surface area contributed by atoms with Crippen molar-refractivity contribution < 1.29 is 4.79 Å². The Bertz CT molecular complexity index is 396. The van der Waals surface area contributed by atoms with E-state index < -0.39 is 0 Å². The van der Waals surface area contributed by atoms with Gasteiger partial charge >= 0.3 is 0 Å². The van der Waals surface area contributed by atoms with Crippen LogP contribution in [0.2, 0.25) is 0 Å². The van der Waals surface area contributed by atoms with E-state index in [1.54, 1.807) is 11.3 Å². The number of amides is 1. The SMILES string of the molecule is Cc1ccsc1C(C)NCC(=O)N1CCCCC1. The van der Waals surface area contributed by atoms with Gasteiger partial charge in [0.05, 0.1) is 6.54 Å². The van der Waals surface area contributed by atoms with Crippen LogP contribution in [-0.4, -0.2) is 30.4 Å². The van der Waals surface area contributed by atoms with Crippen LogP contribution in [0, 0.1) is 6.92 Å². The van der Waals surface area contributed by atoms with Gasteiger partial charge in [0.15, 0.2) is 0 Å². The van der Waals surface area contributed by atoms with E-state index in [4.69, 9.17) is 0 Å². The van der Waals surface area contributed by atoms with Crippen molar-refractivity contribution >= 4 is 17.2 Å². The summed E-state index contributed by atoms with van der Waals surface area (Å²) in [6, 6.07) is 2.39. The van der Waals surface area contributed by atoms with Gasteiger partial charge in [-0.05, 0) is 50.1 Å². The zero-order valence-corrected chi connectivity index (χ0v) is 12.1. The van der Waals surface area contributed by atoms with E-state index in [1.807, 2.05) is 4.90 Å². The summed E-state index contributed by atoms with van der Waals surface area (Å²) in [7, 11) is 0. The molecule has 0 aliphatic carbocycles. The molecule has 1 aliphatic heterocycles. The minimum atomic E-state index is 0.246. The molecule has 1 aliphatic rings. The number of carbonyl (C=O) groups is 1. The van der Waals surface area contributed by atoms with Crippen molar-refractivity contribution in [1.29, 1.82) is 0 Å². The minimum absolute atomic E-state index is 0.246. The standard InChI is InChI=1S/C14H22N2OS/c1-11-6-9-18-14(11)12(2)15-10-13(17)16-7-4-3-5-8-16/h6,9,12,15H,3-5,7-8,10H2,1-2H3. The molecule has 1 atom stereocenters. The van der Waals surface area contributed by atoms with Gasteiger partial charge in [-0.15, -0.1) is 11.3 Å². The van der Waals surface area contributed by atoms with Crippen molar-refractivity contribution in [2.24, 2.45) is 0 Å². The molecule has 1 amide bonds. The van der Waals surface area contributed by atoms with Gasteiger partial charge in [0.1, 0.15) is 0 Å². The van der Waals surface area contributed by atoms with Crippen LogP contribution >= 0.6 is 11.3 Å². The monoisotopic (exact) mass is 266 g/mol. The van der Waals surface area contributed by atoms with Crippen molar-refractivity contribution in [3.05, 3.63) is 21.9 Å². The van der Waals surface area contributed by atoms with Crippen LogP contribution in [0.4, 0.5) is 0 Å². The maximum absolute atomic E-state index is 12.0. The highest BCUT2D eigenvalue weighted by Crippen LogP contribution is 2.23. The molecule has 1 saturated heterocycles. The lowest BCUT2D eigenvalue weighted by Gasteiger charge is -2.27. The largest absolute Gasteiger partial charge is 0.342 e. The molecule has 1 aromatic rings. The summed E-state index contributed by atoms with van der Waals surface area (Å²) in [4.78, 5) is 15.3. The van der Waals surface area contributed by atoms with Crippen molar-refractivity contribution in [2.75, 3.05) is 19.6 Å². The number of thiophene rings is 1. The van der Waals surface area contributed by atoms with Gasteiger partial charge in [0, 0.05) is 24.0 Å². The lowest BCUT2D eigenvalue weighted by Crippen LogP contribution is -2.41. The number of nitrogens with zero attached hydrogens (tertiary/aromatic N) is 1. The molecule has 4 heteroatoms. The third kappa shape index (κ3) is 3.33. The van der Waals surface area contributed by atoms with Crippen LogP contribution in [0.15, 0.2) is 11.4 Å². The summed E-state index contributed by atoms with van der Waals surface area (Å²) in [5.41, 5.74) is 1.31. The Morgan fingerprint density at radius 2 is 2.17 bits per heavy atom. The molecular formula is C14H22N2OS. The highest BCUT2D eigenvalue weighted by atomic mass is 32.1. The average molecular weight is 266 g/mol. The van der Waals surface area contributed by atoms with E-state index in [9.17, 15) is 4.79 Å². The van der Waals surface area contributed by atoms with E-state index >= 15 is 0 Å². The molecule has 2 rings (SSSR count). The van der Waals surface area contributed by atoms with Crippen molar-refractivity contribution in [1.82, 2.24) is 10.2 Å². The van der Waals surface area contributed by atoms with E-state index in [2.05, 4.69) is 30.6 Å². The number of nitrogens with one attached hydrogen (secondary N) is 1. The number of aryl methyl sites for hydroxylation is 1. The van der Waals surface area contributed by atoms with Crippen LogP contribution in [0.5, 0.6) is 0 Å². The molecule has 0 radical (unpaired) electrons. The quantitative estimate of drug-likeness (QED) is 0.909. The summed E-state index contributed by atoms with van der Waals surface area (Å²) in [6.45, 7) is 6.58. The van der Waals surface area contributed by atoms with E-state index in [-0.39, 0.29) is 11.9 Å². The van der Waals surface area contributed by atoms with Gasteiger partial charge < -0.3 is 10.2 Å². The normalized spacial score (nSPS) is 17.8. The predicted molar refractivity (Wildman–Crippen MR) is 75.9 cm³/mol. The first-order valence-electron chi connectivity index (χ1n) is 6.73. The fourth-order valence-corrected chi connectivity index (χ4v) is 3.38. The molecular weight excluding hydrogens is 244 g/mol. The lowest BCUT2D eigenvalue weighted by molar-refractivity contribution is -0.131. The van der Waals surface area contributed by atoms with Crippen molar-refractivity contribution in [3.8, 4) is 0 Å². The molecule has 0 aromatic carbocycles. The Kier molecular flexibility index (Phi) is 4.78. The van der Waals surface area contributed by atoms with Gasteiger partial charge in [-0.25, -0.2) is 0 Å². The van der Waals surface area contributed by atoms with Crippen LogP contribution in [0.25, 0.3) is 0 Å². The number of hydrogen-bond acceptors (Lipinski definition) is 3. The molecule has 0 saturated carbocycles. The van der Waals surface area contributed by atoms with Crippen LogP contribution in [0.3, 0.4) is 0 Å². The van der Waals surface area contributed by atoms with Gasteiger partial charge in [0.25, 0.3) is 0 Å². The average Bonchev–Trinajstić information content (AvgIpc) is 2.83. The van der Waals surface area contributed by atoms with E-state index in [1.165, 1.54) is 16.9 Å². The molecule has 3 nitrogen and oxygen atoms in total. The molecule has 2 heterocycles. The Morgan fingerprint density at radius 1 is 1.44 bits per heavy atom. The predicted octanol–water partition coefficient (Wildman–Crippen LogP) is 2.72. The number of likely N-dealkylation sites (tertiary alicyclic amines) is 1. The first-order chi connectivity index (χ1) is 8.68. The Morgan fingerprint density at radius 3 is 2.78 bits per heavy atom. The third-order valence-electron chi connectivity index (χ3n) is 3.56. The third-order valence-corrected chi connectivity index (χ3v) is 4.76. The second kappa shape index (κ2) is 6.34. The Hall–Kier alpha value is -0.870. The Labute approximate surface area is 113 Å². The van der Waals surface area contributed by atoms with Crippen LogP contribution in [0.1, 0.15) is 42.7 Å². The number of hydrogen-bond donors (Lipinski definition) is 1. The zero-order valence-electron chi connectivity index (χ0n) is 11.2. The number of piperidine rings is 1. The Balaban J connectivity index is 1.80. The second-order valence-electron chi connectivity index (χ2n) is 5.01. The molecule has 18 heavy (non-hydrogen) atoms. The van der Waals surface area contributed by atoms with Crippen LogP contribution in [-0.2, 0) is 4.79 Å². The van der Waals surface area contributed by atoms with Gasteiger partial charge in [0.2, 0.25) is 5.91 Å². The molecule has 100 valence electrons. The zero-order chi connectivity index (χ0) is 13.0. The molecule has 0 bridgehead atoms. The maximum atomic E-state index is 12.0. The van der Waals surface area contributed by atoms with Gasteiger partial charge in [-0.2, -0.15) is 0 Å². The molecule has 1 unspecified atom stereocenters. The molecule has 1 aromatic heterocycles. The highest BCUT2D eigenvalue weighted by molar-refractivity contribution is 7.10. The summed E-state index contributed by atoms with van der Waals surface area (Å²) >= 11 is 1.76. The first-order valence-corrected chi connectivity index (χ1v) is 7.61. The van der Waals surface area contributed by atoms with Crippen molar-refractivity contribution in [2.45, 2.75) is 39.2 Å². The summed E-state index contributed by atoms with van der Waals surface area (Å²) in [6.07, 6.45) is 3.58. The maximum Gasteiger partial charge on any atom is 0.236 e. The van der Waals surface area contributed by atoms with E-state index in [0.29, 0.717) is 6.54 Å². The van der Waals surface area contributed by atoms with Gasteiger partial charge in [-0.3, -0.25) is 4.79 Å². The fourth-order valence-electron chi connectivity index (χ4n) is 2.42. The first kappa shape index (κ1) is 13.6. The fraction of sp³-hybridized carbons (Fsp3) is 0.643.